The van der Waals surface area contributed by atoms with E-state index in [2.05, 4.69) is 57.3 Å². The summed E-state index contributed by atoms with van der Waals surface area (Å²) >= 11 is 3.48. The van der Waals surface area contributed by atoms with Gasteiger partial charge in [0.25, 0.3) is 0 Å². The Hall–Kier alpha value is -0.840. The van der Waals surface area contributed by atoms with Crippen molar-refractivity contribution in [1.82, 2.24) is 9.97 Å². The fourth-order valence-corrected chi connectivity index (χ4v) is 1.70. The van der Waals surface area contributed by atoms with Gasteiger partial charge in [-0.15, -0.1) is 0 Å². The summed E-state index contributed by atoms with van der Waals surface area (Å²) in [5.74, 6) is 2.92. The standard InChI is InChI=1S/C11H19BrN4/c1-7(2)8(3)5-14-11-9(12)10(13-4)15-6-16-11/h6-8H,5H2,1-4H3,(H2,13,14,15,16). The van der Waals surface area contributed by atoms with Crippen molar-refractivity contribution in [1.29, 1.82) is 0 Å². The average molecular weight is 287 g/mol. The van der Waals surface area contributed by atoms with Crippen LogP contribution in [-0.4, -0.2) is 23.6 Å². The number of nitrogens with zero attached hydrogens (tertiary/aromatic N) is 2. The van der Waals surface area contributed by atoms with Crippen molar-refractivity contribution in [3.8, 4) is 0 Å². The van der Waals surface area contributed by atoms with E-state index in [-0.39, 0.29) is 0 Å². The second kappa shape index (κ2) is 6.03. The molecule has 1 atom stereocenters. The first kappa shape index (κ1) is 13.2. The van der Waals surface area contributed by atoms with Crippen LogP contribution in [-0.2, 0) is 0 Å². The molecule has 0 aromatic carbocycles. The van der Waals surface area contributed by atoms with Gasteiger partial charge >= 0.3 is 0 Å². The van der Waals surface area contributed by atoms with E-state index in [1.807, 2.05) is 7.05 Å². The van der Waals surface area contributed by atoms with Gasteiger partial charge < -0.3 is 10.6 Å². The fourth-order valence-electron chi connectivity index (χ4n) is 1.16. The molecule has 2 N–H and O–H groups in total. The summed E-state index contributed by atoms with van der Waals surface area (Å²) in [6.07, 6.45) is 1.55. The zero-order chi connectivity index (χ0) is 12.1. The van der Waals surface area contributed by atoms with E-state index in [0.717, 1.165) is 22.7 Å². The largest absolute Gasteiger partial charge is 0.372 e. The number of halogens is 1. The molecule has 5 heteroatoms. The molecule has 0 aliphatic rings. The average Bonchev–Trinajstić information content (AvgIpc) is 2.27. The number of nitrogens with one attached hydrogen (secondary N) is 2. The first-order valence-electron chi connectivity index (χ1n) is 5.48. The summed E-state index contributed by atoms with van der Waals surface area (Å²) in [5, 5.41) is 6.34. The van der Waals surface area contributed by atoms with E-state index in [4.69, 9.17) is 0 Å². The van der Waals surface area contributed by atoms with Crippen LogP contribution in [0.4, 0.5) is 11.6 Å². The number of anilines is 2. The molecule has 0 aliphatic carbocycles. The van der Waals surface area contributed by atoms with E-state index in [1.165, 1.54) is 0 Å². The Labute approximate surface area is 105 Å². The predicted octanol–water partition coefficient (Wildman–Crippen LogP) is 2.98. The first-order valence-corrected chi connectivity index (χ1v) is 6.27. The van der Waals surface area contributed by atoms with Crippen molar-refractivity contribution >= 4 is 27.6 Å². The van der Waals surface area contributed by atoms with Crippen LogP contribution in [0.15, 0.2) is 10.8 Å². The zero-order valence-corrected chi connectivity index (χ0v) is 11.8. The maximum absolute atomic E-state index is 4.21. The molecule has 0 saturated carbocycles. The molecule has 0 saturated heterocycles. The second-order valence-corrected chi connectivity index (χ2v) is 5.03. The topological polar surface area (TPSA) is 49.8 Å². The van der Waals surface area contributed by atoms with Crippen LogP contribution in [0.1, 0.15) is 20.8 Å². The van der Waals surface area contributed by atoms with E-state index < -0.39 is 0 Å². The SMILES string of the molecule is CNc1ncnc(NCC(C)C(C)C)c1Br. The lowest BCUT2D eigenvalue weighted by Gasteiger charge is -2.17. The molecule has 16 heavy (non-hydrogen) atoms. The van der Waals surface area contributed by atoms with Crippen molar-refractivity contribution in [2.75, 3.05) is 24.2 Å². The number of aromatic nitrogens is 2. The molecule has 0 aliphatic heterocycles. The van der Waals surface area contributed by atoms with Gasteiger partial charge in [0.15, 0.2) is 0 Å². The zero-order valence-electron chi connectivity index (χ0n) is 10.2. The van der Waals surface area contributed by atoms with Crippen LogP contribution in [0.5, 0.6) is 0 Å². The molecule has 1 aromatic heterocycles. The van der Waals surface area contributed by atoms with E-state index in [1.54, 1.807) is 6.33 Å². The van der Waals surface area contributed by atoms with Crippen LogP contribution in [0.25, 0.3) is 0 Å². The summed E-state index contributed by atoms with van der Waals surface area (Å²) in [6.45, 7) is 7.59. The monoisotopic (exact) mass is 286 g/mol. The molecule has 0 radical (unpaired) electrons. The maximum Gasteiger partial charge on any atom is 0.145 e. The summed E-state index contributed by atoms with van der Waals surface area (Å²) in [5.41, 5.74) is 0. The molecule has 1 rings (SSSR count). The highest BCUT2D eigenvalue weighted by Gasteiger charge is 2.10. The summed E-state index contributed by atoms with van der Waals surface area (Å²) < 4.78 is 0.883. The third-order valence-corrected chi connectivity index (χ3v) is 3.51. The molecule has 0 bridgehead atoms. The Morgan fingerprint density at radius 3 is 2.44 bits per heavy atom. The summed E-state index contributed by atoms with van der Waals surface area (Å²) in [6, 6.07) is 0. The fraction of sp³-hybridized carbons (Fsp3) is 0.636. The van der Waals surface area contributed by atoms with E-state index in [0.29, 0.717) is 11.8 Å². The first-order chi connectivity index (χ1) is 7.56. The molecular weight excluding hydrogens is 268 g/mol. The van der Waals surface area contributed by atoms with Crippen LogP contribution in [0, 0.1) is 11.8 Å². The number of rotatable bonds is 5. The van der Waals surface area contributed by atoms with Gasteiger partial charge in [-0.3, -0.25) is 0 Å². The lowest BCUT2D eigenvalue weighted by molar-refractivity contribution is 0.439. The highest BCUT2D eigenvalue weighted by atomic mass is 79.9. The van der Waals surface area contributed by atoms with E-state index >= 15 is 0 Å². The Balaban J connectivity index is 2.67. The van der Waals surface area contributed by atoms with Crippen molar-refractivity contribution in [3.05, 3.63) is 10.8 Å². The molecule has 1 heterocycles. The summed E-state index contributed by atoms with van der Waals surface area (Å²) in [4.78, 5) is 8.32. The predicted molar refractivity (Wildman–Crippen MR) is 71.8 cm³/mol. The van der Waals surface area contributed by atoms with Crippen LogP contribution in [0.3, 0.4) is 0 Å². The highest BCUT2D eigenvalue weighted by Crippen LogP contribution is 2.26. The Kier molecular flexibility index (Phi) is 4.99. The quantitative estimate of drug-likeness (QED) is 0.874. The van der Waals surface area contributed by atoms with Crippen LogP contribution < -0.4 is 10.6 Å². The third kappa shape index (κ3) is 3.33. The van der Waals surface area contributed by atoms with Crippen LogP contribution >= 0.6 is 15.9 Å². The number of hydrogen-bond donors (Lipinski definition) is 2. The van der Waals surface area contributed by atoms with Gasteiger partial charge in [-0.2, -0.15) is 0 Å². The smallest absolute Gasteiger partial charge is 0.145 e. The molecular formula is C11H19BrN4. The lowest BCUT2D eigenvalue weighted by atomic mass is 9.98. The van der Waals surface area contributed by atoms with Gasteiger partial charge in [-0.1, -0.05) is 20.8 Å². The van der Waals surface area contributed by atoms with Crippen molar-refractivity contribution in [2.24, 2.45) is 11.8 Å². The molecule has 0 fully saturated rings. The van der Waals surface area contributed by atoms with Gasteiger partial charge in [-0.05, 0) is 27.8 Å². The molecule has 1 unspecified atom stereocenters. The normalized spacial score (nSPS) is 12.6. The minimum atomic E-state index is 0.611. The molecule has 0 spiro atoms. The molecule has 1 aromatic rings. The van der Waals surface area contributed by atoms with Crippen molar-refractivity contribution < 1.29 is 0 Å². The molecule has 0 amide bonds. The molecule has 4 nitrogen and oxygen atoms in total. The van der Waals surface area contributed by atoms with Gasteiger partial charge in [0.1, 0.15) is 22.4 Å². The van der Waals surface area contributed by atoms with Gasteiger partial charge in [0.05, 0.1) is 0 Å². The second-order valence-electron chi connectivity index (χ2n) is 4.24. The minimum absolute atomic E-state index is 0.611. The Morgan fingerprint density at radius 2 is 1.88 bits per heavy atom. The third-order valence-electron chi connectivity index (χ3n) is 2.76. The van der Waals surface area contributed by atoms with Gasteiger partial charge in [-0.25, -0.2) is 9.97 Å². The van der Waals surface area contributed by atoms with Gasteiger partial charge in [0.2, 0.25) is 0 Å². The lowest BCUT2D eigenvalue weighted by Crippen LogP contribution is -2.17. The molecule has 90 valence electrons. The van der Waals surface area contributed by atoms with Crippen LogP contribution in [0.2, 0.25) is 0 Å². The van der Waals surface area contributed by atoms with Gasteiger partial charge in [0, 0.05) is 13.6 Å². The van der Waals surface area contributed by atoms with Crippen molar-refractivity contribution in [2.45, 2.75) is 20.8 Å². The number of hydrogen-bond acceptors (Lipinski definition) is 4. The highest BCUT2D eigenvalue weighted by molar-refractivity contribution is 9.10. The van der Waals surface area contributed by atoms with E-state index in [9.17, 15) is 0 Å². The minimum Gasteiger partial charge on any atom is -0.372 e. The van der Waals surface area contributed by atoms with Crippen molar-refractivity contribution in [3.63, 3.8) is 0 Å². The Morgan fingerprint density at radius 1 is 1.25 bits per heavy atom. The maximum atomic E-state index is 4.21. The summed E-state index contributed by atoms with van der Waals surface area (Å²) in [7, 11) is 1.84. The Bertz CT molecular complexity index is 341.